The van der Waals surface area contributed by atoms with Crippen LogP contribution in [0.4, 0.5) is 0 Å². The van der Waals surface area contributed by atoms with E-state index >= 15 is 0 Å². The number of aldehydes is 1. The molecule has 1 saturated heterocycles. The Morgan fingerprint density at radius 1 is 1.08 bits per heavy atom. The molecule has 5 aliphatic rings. The molecule has 2 fully saturated rings. The predicted octanol–water partition coefficient (Wildman–Crippen LogP) is 5.10. The van der Waals surface area contributed by atoms with Gasteiger partial charge in [0.2, 0.25) is 5.76 Å². The van der Waals surface area contributed by atoms with Gasteiger partial charge < -0.3 is 48.9 Å². The number of likely N-dealkylation sites (tertiary alicyclic amines) is 1. The summed E-state index contributed by atoms with van der Waals surface area (Å²) in [5.74, 6) is -1.28. The molecule has 5 heterocycles. The Morgan fingerprint density at radius 3 is 2.63 bits per heavy atom. The number of H-pyrrole nitrogens is 1. The van der Waals surface area contributed by atoms with Gasteiger partial charge in [0.05, 0.1) is 36.5 Å². The number of aryl methyl sites for hydroxylation is 1. The molecule has 0 amide bonds. The van der Waals surface area contributed by atoms with E-state index in [9.17, 15) is 29.7 Å². The number of ether oxygens (including phenoxy) is 5. The van der Waals surface area contributed by atoms with E-state index in [1.807, 2.05) is 19.2 Å². The van der Waals surface area contributed by atoms with Crippen molar-refractivity contribution in [2.75, 3.05) is 53.2 Å². The number of nitrogens with one attached hydrogen (secondary N) is 1. The highest BCUT2D eigenvalue weighted by molar-refractivity contribution is 6.11. The number of benzene rings is 2. The molecule has 8 rings (SSSR count). The number of aromatic amines is 1. The lowest BCUT2D eigenvalue weighted by atomic mass is 9.74. The fourth-order valence-electron chi connectivity index (χ4n) is 10.0. The molecule has 4 aliphatic heterocycles. The highest BCUT2D eigenvalue weighted by Crippen LogP contribution is 2.57. The summed E-state index contributed by atoms with van der Waals surface area (Å²) in [6.45, 7) is 6.17. The number of allylic oxidation sites excluding steroid dienone is 3. The molecule has 13 nitrogen and oxygen atoms in total. The lowest BCUT2D eigenvalue weighted by Gasteiger charge is -2.42. The number of aliphatic hydroxyl groups is 3. The van der Waals surface area contributed by atoms with E-state index in [0.717, 1.165) is 66.5 Å². The van der Waals surface area contributed by atoms with Gasteiger partial charge in [-0.25, -0.2) is 4.79 Å². The van der Waals surface area contributed by atoms with Crippen LogP contribution in [-0.4, -0.2) is 108 Å². The summed E-state index contributed by atoms with van der Waals surface area (Å²) in [5.41, 5.74) is 3.97. The SMILES string of the molecule is CCOC(=O)C1=C(C=O)/C2=C3\CCC(=O)[C@H](C3)c3cc4cc[nH]c4cc3CC[C@@H](CO)COc3c4c(c(CO)c(c32)O1)O[C@H]([C@](C)(O)C1CCN(CCCOC)CC1)C4. The van der Waals surface area contributed by atoms with Gasteiger partial charge in [0, 0.05) is 74.4 Å². The number of piperidine rings is 1. The Kier molecular flexibility index (Phi) is 12.0. The number of Topliss-reactive ketones (excluding diaryl/α,β-unsaturated/α-hetero) is 1. The molecular weight excluding hydrogens is 757 g/mol. The Hall–Kier alpha value is -4.53. The van der Waals surface area contributed by atoms with Crippen molar-refractivity contribution in [3.8, 4) is 17.2 Å². The Bertz CT molecular complexity index is 2180. The molecule has 0 spiro atoms. The molecule has 4 N–H and O–H groups in total. The molecule has 0 unspecified atom stereocenters. The second-order valence-electron chi connectivity index (χ2n) is 16.9. The summed E-state index contributed by atoms with van der Waals surface area (Å²) in [7, 11) is 1.70. The van der Waals surface area contributed by atoms with Crippen LogP contribution in [0.15, 0.2) is 41.3 Å². The van der Waals surface area contributed by atoms with Gasteiger partial charge in [0.25, 0.3) is 0 Å². The van der Waals surface area contributed by atoms with Crippen LogP contribution in [0.1, 0.15) is 92.5 Å². The molecule has 2 aromatic carbocycles. The quantitative estimate of drug-likeness (QED) is 0.115. The Labute approximate surface area is 344 Å². The van der Waals surface area contributed by atoms with E-state index in [2.05, 4.69) is 22.0 Å². The van der Waals surface area contributed by atoms with Gasteiger partial charge in [-0.15, -0.1) is 0 Å². The number of aromatic nitrogens is 1. The van der Waals surface area contributed by atoms with Crippen LogP contribution in [0.5, 0.6) is 17.2 Å². The van der Waals surface area contributed by atoms with Gasteiger partial charge >= 0.3 is 5.97 Å². The van der Waals surface area contributed by atoms with Crippen LogP contribution in [-0.2, 0) is 43.3 Å². The maximum absolute atomic E-state index is 14.0. The van der Waals surface area contributed by atoms with Crippen molar-refractivity contribution in [1.29, 1.82) is 0 Å². The highest BCUT2D eigenvalue weighted by atomic mass is 16.6. The number of methoxy groups -OCH3 is 1. The number of ketones is 1. The zero-order chi connectivity index (χ0) is 41.4. The van der Waals surface area contributed by atoms with Gasteiger partial charge in [0.15, 0.2) is 6.29 Å². The molecule has 3 aromatic rings. The summed E-state index contributed by atoms with van der Waals surface area (Å²) < 4.78 is 30.6. The van der Waals surface area contributed by atoms with Gasteiger partial charge in [-0.2, -0.15) is 0 Å². The number of esters is 1. The molecule has 1 saturated carbocycles. The van der Waals surface area contributed by atoms with Gasteiger partial charge in [-0.05, 0) is 113 Å². The first-order valence-corrected chi connectivity index (χ1v) is 21.2. The number of carbonyl (C=O) groups excluding carboxylic acids is 3. The van der Waals surface area contributed by atoms with Crippen LogP contribution in [0.3, 0.4) is 0 Å². The van der Waals surface area contributed by atoms with E-state index < -0.39 is 30.2 Å². The molecule has 1 aromatic heterocycles. The average Bonchev–Trinajstić information content (AvgIpc) is 3.91. The lowest BCUT2D eigenvalue weighted by molar-refractivity contribution is -0.141. The highest BCUT2D eigenvalue weighted by Gasteiger charge is 2.49. The smallest absolute Gasteiger partial charge is 0.375 e. The van der Waals surface area contributed by atoms with Gasteiger partial charge in [-0.1, -0.05) is 5.57 Å². The van der Waals surface area contributed by atoms with E-state index in [1.165, 1.54) is 0 Å². The number of aliphatic hydroxyl groups excluding tert-OH is 2. The average molecular weight is 813 g/mol. The molecule has 1 aliphatic carbocycles. The monoisotopic (exact) mass is 812 g/mol. The van der Waals surface area contributed by atoms with Crippen molar-refractivity contribution in [3.05, 3.63) is 69.1 Å². The minimum absolute atomic E-state index is 0.0253. The zero-order valence-electron chi connectivity index (χ0n) is 34.3. The fraction of sp³-hybridized carbons (Fsp3) is 0.543. The van der Waals surface area contributed by atoms with Crippen LogP contribution in [0.2, 0.25) is 0 Å². The molecular formula is C46H56N2O11. The summed E-state index contributed by atoms with van der Waals surface area (Å²) in [5, 5.41) is 35.3. The summed E-state index contributed by atoms with van der Waals surface area (Å²) >= 11 is 0. The normalized spacial score (nSPS) is 24.6. The second-order valence-corrected chi connectivity index (χ2v) is 16.9. The molecule has 4 atom stereocenters. The van der Waals surface area contributed by atoms with Crippen LogP contribution >= 0.6 is 0 Å². The zero-order valence-corrected chi connectivity index (χ0v) is 34.3. The molecule has 0 radical (unpaired) electrons. The van der Waals surface area contributed by atoms with Crippen molar-refractivity contribution in [1.82, 2.24) is 9.88 Å². The third-order valence-electron chi connectivity index (χ3n) is 13.4. The van der Waals surface area contributed by atoms with Crippen molar-refractivity contribution in [3.63, 3.8) is 0 Å². The van der Waals surface area contributed by atoms with Gasteiger partial charge in [-0.3, -0.25) is 9.59 Å². The number of carbonyl (C=O) groups is 3. The topological polar surface area (TPSA) is 177 Å². The minimum Gasteiger partial charge on any atom is -0.492 e. The number of hydrogen-bond donors (Lipinski definition) is 4. The van der Waals surface area contributed by atoms with Crippen molar-refractivity contribution >= 4 is 34.5 Å². The maximum atomic E-state index is 14.0. The van der Waals surface area contributed by atoms with Crippen LogP contribution in [0, 0.1) is 11.8 Å². The Morgan fingerprint density at radius 2 is 1.90 bits per heavy atom. The maximum Gasteiger partial charge on any atom is 0.375 e. The van der Waals surface area contributed by atoms with E-state index in [-0.39, 0.29) is 79.3 Å². The number of nitrogens with zero attached hydrogens (tertiary/aromatic N) is 1. The van der Waals surface area contributed by atoms with Crippen molar-refractivity contribution in [2.45, 2.75) is 95.9 Å². The predicted molar refractivity (Wildman–Crippen MR) is 218 cm³/mol. The second kappa shape index (κ2) is 17.2. The first-order valence-electron chi connectivity index (χ1n) is 21.2. The number of fused-ring (bicyclic) bond motifs is 7. The first kappa shape index (κ1) is 41.2. The molecule has 2 bridgehead atoms. The van der Waals surface area contributed by atoms with Crippen LogP contribution in [0.25, 0.3) is 16.5 Å². The van der Waals surface area contributed by atoms with Crippen molar-refractivity contribution in [2.24, 2.45) is 11.8 Å². The van der Waals surface area contributed by atoms with E-state index in [4.69, 9.17) is 23.7 Å². The summed E-state index contributed by atoms with van der Waals surface area (Å²) in [6, 6.07) is 6.13. The summed E-state index contributed by atoms with van der Waals surface area (Å²) in [4.78, 5) is 46.7. The minimum atomic E-state index is -1.27. The van der Waals surface area contributed by atoms with E-state index in [0.29, 0.717) is 60.4 Å². The standard InChI is InChI=1S/C46H56N2O11/c1-4-56-45(53)44-34(23-50)39-29-8-9-37(52)32(19-29)31-18-28-10-13-47-36(28)20-27(31)7-6-26(22-49)25-57-42-33-21-38(58-41(33)35(24-51)43(59-44)40(39)42)46(2,54)30-11-15-48(16-12-30)14-5-17-55-3/h10,13,18,20,23,26,30,32,38,47,49,51,54H,4-9,11-12,14-17,19,21-22,24-25H2,1-3H3/b39-29-/t26-,32+,38-,46+/m0/s1. The number of rotatable bonds is 11. The first-order chi connectivity index (χ1) is 28.6. The third-order valence-corrected chi connectivity index (χ3v) is 13.4. The summed E-state index contributed by atoms with van der Waals surface area (Å²) in [6.07, 6.45) is 6.41. The van der Waals surface area contributed by atoms with E-state index in [1.54, 1.807) is 14.0 Å². The lowest BCUT2D eigenvalue weighted by Crippen LogP contribution is -2.52. The molecule has 59 heavy (non-hydrogen) atoms. The van der Waals surface area contributed by atoms with Gasteiger partial charge in [0.1, 0.15) is 34.7 Å². The molecule has 13 heteroatoms. The van der Waals surface area contributed by atoms with Crippen LogP contribution < -0.4 is 14.2 Å². The fourth-order valence-corrected chi connectivity index (χ4v) is 10.0. The number of hydrogen-bond acceptors (Lipinski definition) is 12. The largest absolute Gasteiger partial charge is 0.492 e. The molecule has 316 valence electrons. The third kappa shape index (κ3) is 7.61. The van der Waals surface area contributed by atoms with Crippen molar-refractivity contribution < 1.29 is 53.4 Å². The Balaban J connectivity index is 1.28.